The van der Waals surface area contributed by atoms with Crippen LogP contribution in [0.4, 0.5) is 11.5 Å². The molecule has 0 unspecified atom stereocenters. The van der Waals surface area contributed by atoms with Gasteiger partial charge in [0.05, 0.1) is 19.1 Å². The molecule has 0 atom stereocenters. The van der Waals surface area contributed by atoms with E-state index in [2.05, 4.69) is 42.3 Å². The minimum Gasteiger partial charge on any atom is -0.495 e. The van der Waals surface area contributed by atoms with Gasteiger partial charge in [0.25, 0.3) is 0 Å². The Labute approximate surface area is 219 Å². The molecular formula is C25H30BrClN4O4. The number of hydrogen-bond donors (Lipinski definition) is 1. The molecule has 3 heterocycles. The molecule has 3 aromatic rings. The average molecular weight is 566 g/mol. The zero-order valence-electron chi connectivity index (χ0n) is 19.7. The Hall–Kier alpha value is -2.49. The molecule has 2 aromatic carbocycles. The minimum absolute atomic E-state index is 0. The molecule has 188 valence electrons. The van der Waals surface area contributed by atoms with Crippen molar-refractivity contribution in [1.82, 2.24) is 10.1 Å². The molecule has 5 rings (SSSR count). The zero-order chi connectivity index (χ0) is 23.5. The van der Waals surface area contributed by atoms with Crippen LogP contribution in [0.5, 0.6) is 11.5 Å². The lowest BCUT2D eigenvalue weighted by molar-refractivity contribution is -0.116. The summed E-state index contributed by atoms with van der Waals surface area (Å²) in [6.07, 6.45) is 3.44. The van der Waals surface area contributed by atoms with Crippen molar-refractivity contribution < 1.29 is 18.8 Å². The molecule has 1 saturated heterocycles. The second-order valence-corrected chi connectivity index (χ2v) is 9.51. The summed E-state index contributed by atoms with van der Waals surface area (Å²) in [6, 6.07) is 9.93. The van der Waals surface area contributed by atoms with Crippen molar-refractivity contribution in [3.05, 3.63) is 40.4 Å². The normalized spacial score (nSPS) is 15.9. The Morgan fingerprint density at radius 3 is 2.74 bits per heavy atom. The molecule has 1 aromatic heterocycles. The first-order valence-electron chi connectivity index (χ1n) is 11.8. The number of nitrogens with one attached hydrogen (secondary N) is 1. The van der Waals surface area contributed by atoms with Gasteiger partial charge >= 0.3 is 0 Å². The minimum atomic E-state index is 0. The highest BCUT2D eigenvalue weighted by molar-refractivity contribution is 9.10. The van der Waals surface area contributed by atoms with Crippen LogP contribution in [0.25, 0.3) is 11.0 Å². The number of aryl methyl sites for hydroxylation is 1. The lowest BCUT2D eigenvalue weighted by atomic mass is 10.0. The van der Waals surface area contributed by atoms with E-state index in [4.69, 9.17) is 14.0 Å². The fraction of sp³-hybridized carbons (Fsp3) is 0.440. The van der Waals surface area contributed by atoms with E-state index in [1.54, 1.807) is 7.11 Å². The predicted molar refractivity (Wildman–Crippen MR) is 142 cm³/mol. The van der Waals surface area contributed by atoms with Gasteiger partial charge < -0.3 is 24.2 Å². The number of halogens is 2. The van der Waals surface area contributed by atoms with Gasteiger partial charge in [-0.25, -0.2) is 0 Å². The monoisotopic (exact) mass is 564 g/mol. The summed E-state index contributed by atoms with van der Waals surface area (Å²) in [7, 11) is 1.64. The van der Waals surface area contributed by atoms with Crippen LogP contribution in [-0.4, -0.2) is 62.4 Å². The SMILES string of the molecule is COc1ccc2c(N3CCN(CCCCOc4ccc5c(c4)NC(=O)CC5)CC3)noc2c1Br.Cl. The van der Waals surface area contributed by atoms with E-state index in [1.807, 2.05) is 24.3 Å². The summed E-state index contributed by atoms with van der Waals surface area (Å²) in [6.45, 7) is 5.56. The molecule has 10 heteroatoms. The number of unbranched alkanes of at least 4 members (excludes halogenated alkanes) is 1. The van der Waals surface area contributed by atoms with Gasteiger partial charge in [0.1, 0.15) is 16.0 Å². The number of aromatic nitrogens is 1. The van der Waals surface area contributed by atoms with Crippen molar-refractivity contribution in [2.24, 2.45) is 0 Å². The zero-order valence-corrected chi connectivity index (χ0v) is 22.1. The summed E-state index contributed by atoms with van der Waals surface area (Å²) >= 11 is 3.55. The first-order chi connectivity index (χ1) is 16.6. The van der Waals surface area contributed by atoms with Crippen molar-refractivity contribution >= 4 is 56.7 Å². The fourth-order valence-electron chi connectivity index (χ4n) is 4.58. The van der Waals surface area contributed by atoms with Gasteiger partial charge in [-0.15, -0.1) is 12.4 Å². The van der Waals surface area contributed by atoms with Crippen molar-refractivity contribution in [1.29, 1.82) is 0 Å². The van der Waals surface area contributed by atoms with Crippen molar-refractivity contribution in [2.45, 2.75) is 25.7 Å². The number of carbonyl (C=O) groups excluding carboxylic acids is 1. The van der Waals surface area contributed by atoms with E-state index in [1.165, 1.54) is 5.56 Å². The first-order valence-corrected chi connectivity index (χ1v) is 12.6. The number of ether oxygens (including phenoxy) is 2. The molecule has 2 aliphatic heterocycles. The lowest BCUT2D eigenvalue weighted by Crippen LogP contribution is -2.46. The maximum atomic E-state index is 11.6. The highest BCUT2D eigenvalue weighted by Gasteiger charge is 2.23. The molecule has 1 amide bonds. The van der Waals surface area contributed by atoms with E-state index in [0.717, 1.165) is 90.4 Å². The van der Waals surface area contributed by atoms with E-state index in [0.29, 0.717) is 13.0 Å². The number of fused-ring (bicyclic) bond motifs is 2. The molecule has 35 heavy (non-hydrogen) atoms. The maximum Gasteiger partial charge on any atom is 0.224 e. The van der Waals surface area contributed by atoms with Gasteiger partial charge in [-0.2, -0.15) is 0 Å². The number of nitrogens with zero attached hydrogens (tertiary/aromatic N) is 3. The van der Waals surface area contributed by atoms with E-state index < -0.39 is 0 Å². The van der Waals surface area contributed by atoms with Crippen LogP contribution >= 0.6 is 28.3 Å². The van der Waals surface area contributed by atoms with Crippen LogP contribution in [0, 0.1) is 0 Å². The van der Waals surface area contributed by atoms with E-state index >= 15 is 0 Å². The highest BCUT2D eigenvalue weighted by atomic mass is 79.9. The Balaban J connectivity index is 0.00000289. The number of benzene rings is 2. The number of hydrogen-bond acceptors (Lipinski definition) is 7. The van der Waals surface area contributed by atoms with Gasteiger partial charge in [0, 0.05) is 44.4 Å². The maximum absolute atomic E-state index is 11.6. The third-order valence-corrected chi connectivity index (χ3v) is 7.28. The van der Waals surface area contributed by atoms with Crippen LogP contribution < -0.4 is 19.7 Å². The summed E-state index contributed by atoms with van der Waals surface area (Å²) in [4.78, 5) is 16.4. The molecule has 0 saturated carbocycles. The Morgan fingerprint density at radius 1 is 1.11 bits per heavy atom. The predicted octanol–water partition coefficient (Wildman–Crippen LogP) is 4.89. The molecule has 2 aliphatic rings. The molecule has 0 radical (unpaired) electrons. The lowest BCUT2D eigenvalue weighted by Gasteiger charge is -2.34. The topological polar surface area (TPSA) is 80.1 Å². The number of methoxy groups -OCH3 is 1. The Morgan fingerprint density at radius 2 is 1.94 bits per heavy atom. The summed E-state index contributed by atoms with van der Waals surface area (Å²) in [5.41, 5.74) is 2.79. The Bertz CT molecular complexity index is 1180. The van der Waals surface area contributed by atoms with Crippen LogP contribution in [0.3, 0.4) is 0 Å². The third kappa shape index (κ3) is 5.68. The highest BCUT2D eigenvalue weighted by Crippen LogP contribution is 2.37. The van der Waals surface area contributed by atoms with Crippen LogP contribution in [-0.2, 0) is 11.2 Å². The molecule has 0 aliphatic carbocycles. The number of amides is 1. The van der Waals surface area contributed by atoms with Gasteiger partial charge in [-0.05, 0) is 65.5 Å². The third-order valence-electron chi connectivity index (χ3n) is 6.53. The largest absolute Gasteiger partial charge is 0.495 e. The van der Waals surface area contributed by atoms with Crippen molar-refractivity contribution in [2.75, 3.05) is 56.7 Å². The summed E-state index contributed by atoms with van der Waals surface area (Å²) in [5.74, 6) is 2.53. The molecule has 1 fully saturated rings. The fourth-order valence-corrected chi connectivity index (χ4v) is 5.16. The second kappa shape index (κ2) is 11.5. The molecule has 0 bridgehead atoms. The molecule has 0 spiro atoms. The van der Waals surface area contributed by atoms with E-state index in [9.17, 15) is 4.79 Å². The molecule has 1 N–H and O–H groups in total. The second-order valence-electron chi connectivity index (χ2n) is 8.72. The first kappa shape index (κ1) is 25.6. The number of rotatable bonds is 8. The smallest absolute Gasteiger partial charge is 0.224 e. The van der Waals surface area contributed by atoms with Crippen LogP contribution in [0.2, 0.25) is 0 Å². The Kier molecular flexibility index (Phi) is 8.41. The number of carbonyl (C=O) groups is 1. The average Bonchev–Trinajstić information content (AvgIpc) is 3.29. The van der Waals surface area contributed by atoms with E-state index in [-0.39, 0.29) is 18.3 Å². The number of anilines is 2. The van der Waals surface area contributed by atoms with Crippen LogP contribution in [0.1, 0.15) is 24.8 Å². The molecule has 8 nitrogen and oxygen atoms in total. The summed E-state index contributed by atoms with van der Waals surface area (Å²) in [5, 5.41) is 8.26. The summed E-state index contributed by atoms with van der Waals surface area (Å²) < 4.78 is 17.7. The number of piperazine rings is 1. The van der Waals surface area contributed by atoms with Gasteiger partial charge in [0.15, 0.2) is 11.4 Å². The quantitative estimate of drug-likeness (QED) is 0.390. The van der Waals surface area contributed by atoms with Gasteiger partial charge in [0.2, 0.25) is 5.91 Å². The molecular weight excluding hydrogens is 536 g/mol. The van der Waals surface area contributed by atoms with Crippen molar-refractivity contribution in [3.63, 3.8) is 0 Å². The van der Waals surface area contributed by atoms with Crippen molar-refractivity contribution in [3.8, 4) is 11.5 Å². The van der Waals surface area contributed by atoms with Crippen LogP contribution in [0.15, 0.2) is 39.3 Å². The standard InChI is InChI=1S/C25H29BrN4O4.ClH/c1-32-21-8-7-19-24(23(21)26)34-28-25(19)30-13-11-29(12-14-30)10-2-3-15-33-18-6-4-17-5-9-22(31)27-20(17)16-18;/h4,6-8,16H,2-3,5,9-15H2,1H3,(H,27,31);1H. The van der Waals surface area contributed by atoms with Gasteiger partial charge in [-0.1, -0.05) is 11.2 Å². The van der Waals surface area contributed by atoms with Gasteiger partial charge in [-0.3, -0.25) is 9.69 Å².